The monoisotopic (exact) mass is 168 g/mol. The predicted octanol–water partition coefficient (Wildman–Crippen LogP) is 3.81. The minimum atomic E-state index is 0.685. The van der Waals surface area contributed by atoms with Crippen LogP contribution in [0.15, 0.2) is 22.0 Å². The van der Waals surface area contributed by atoms with Crippen molar-refractivity contribution in [3.8, 4) is 0 Å². The van der Waals surface area contributed by atoms with Crippen LogP contribution in [0.4, 0.5) is 0 Å². The Hall–Kier alpha value is -0.170. The summed E-state index contributed by atoms with van der Waals surface area (Å²) in [5.74, 6) is 1.43. The van der Waals surface area contributed by atoms with Crippen molar-refractivity contribution in [2.75, 3.05) is 0 Å². The van der Waals surface area contributed by atoms with Gasteiger partial charge in [-0.3, -0.25) is 0 Å². The van der Waals surface area contributed by atoms with Crippen molar-refractivity contribution in [3.63, 3.8) is 0 Å². The third kappa shape index (κ3) is 1.90. The number of allylic oxidation sites excluding steroid dienone is 3. The first-order chi connectivity index (χ1) is 5.13. The first kappa shape index (κ1) is 8.92. The molecule has 1 heterocycles. The first-order valence-electron chi connectivity index (χ1n) is 4.13. The Morgan fingerprint density at radius 2 is 2.09 bits per heavy atom. The van der Waals surface area contributed by atoms with E-state index in [1.54, 1.807) is 4.91 Å². The molecule has 0 fully saturated rings. The van der Waals surface area contributed by atoms with E-state index in [-0.39, 0.29) is 0 Å². The van der Waals surface area contributed by atoms with Crippen LogP contribution in [0.25, 0.3) is 0 Å². The Bertz CT molecular complexity index is 195. The van der Waals surface area contributed by atoms with E-state index in [1.807, 2.05) is 11.8 Å². The van der Waals surface area contributed by atoms with Crippen LogP contribution in [0.5, 0.6) is 0 Å². The fraction of sp³-hybridized carbons (Fsp3) is 0.600. The van der Waals surface area contributed by atoms with Crippen molar-refractivity contribution in [1.29, 1.82) is 0 Å². The summed E-state index contributed by atoms with van der Waals surface area (Å²) in [5, 5.41) is 2.22. The third-order valence-electron chi connectivity index (χ3n) is 1.99. The second-order valence-electron chi connectivity index (χ2n) is 3.58. The summed E-state index contributed by atoms with van der Waals surface area (Å²) >= 11 is 1.89. The van der Waals surface area contributed by atoms with Crippen LogP contribution in [0.3, 0.4) is 0 Å². The average Bonchev–Trinajstić information content (AvgIpc) is 2.32. The molecule has 62 valence electrons. The zero-order valence-electron chi connectivity index (χ0n) is 7.72. The Kier molecular flexibility index (Phi) is 2.83. The quantitative estimate of drug-likeness (QED) is 0.573. The summed E-state index contributed by atoms with van der Waals surface area (Å²) in [7, 11) is 0. The fourth-order valence-electron chi connectivity index (χ4n) is 1.34. The molecule has 0 saturated heterocycles. The summed E-state index contributed by atoms with van der Waals surface area (Å²) < 4.78 is 0. The van der Waals surface area contributed by atoms with Crippen molar-refractivity contribution in [2.24, 2.45) is 11.8 Å². The van der Waals surface area contributed by atoms with E-state index in [4.69, 9.17) is 0 Å². The maximum absolute atomic E-state index is 2.32. The van der Waals surface area contributed by atoms with Gasteiger partial charge in [-0.15, -0.1) is 11.8 Å². The lowest BCUT2D eigenvalue weighted by atomic mass is 9.94. The molecule has 0 spiro atoms. The number of rotatable bonds is 1. The third-order valence-corrected chi connectivity index (χ3v) is 3.22. The molecule has 1 atom stereocenters. The average molecular weight is 168 g/mol. The lowest BCUT2D eigenvalue weighted by Gasteiger charge is -2.15. The van der Waals surface area contributed by atoms with Crippen LogP contribution in [0.1, 0.15) is 27.7 Å². The minimum Gasteiger partial charge on any atom is -0.102 e. The van der Waals surface area contributed by atoms with E-state index in [2.05, 4.69) is 39.2 Å². The molecule has 11 heavy (non-hydrogen) atoms. The molecular formula is C10H16S. The number of hydrogen-bond acceptors (Lipinski definition) is 1. The SMILES string of the molecule is CC(C)=C1SC=CC1C(C)C. The second-order valence-corrected chi connectivity index (χ2v) is 4.53. The van der Waals surface area contributed by atoms with Gasteiger partial charge in [0, 0.05) is 5.92 Å². The molecule has 0 aromatic rings. The fourth-order valence-corrected chi connectivity index (χ4v) is 2.48. The van der Waals surface area contributed by atoms with E-state index in [9.17, 15) is 0 Å². The van der Waals surface area contributed by atoms with Gasteiger partial charge in [0.1, 0.15) is 0 Å². The van der Waals surface area contributed by atoms with Crippen LogP contribution >= 0.6 is 11.8 Å². The highest BCUT2D eigenvalue weighted by atomic mass is 32.2. The zero-order chi connectivity index (χ0) is 8.43. The van der Waals surface area contributed by atoms with Gasteiger partial charge in [0.25, 0.3) is 0 Å². The lowest BCUT2D eigenvalue weighted by Crippen LogP contribution is -2.04. The number of hydrogen-bond donors (Lipinski definition) is 0. The van der Waals surface area contributed by atoms with Crippen molar-refractivity contribution in [2.45, 2.75) is 27.7 Å². The highest BCUT2D eigenvalue weighted by Gasteiger charge is 2.20. The van der Waals surface area contributed by atoms with Crippen molar-refractivity contribution >= 4 is 11.8 Å². The van der Waals surface area contributed by atoms with Crippen LogP contribution in [0.2, 0.25) is 0 Å². The second kappa shape index (κ2) is 3.48. The molecule has 1 heteroatoms. The Morgan fingerprint density at radius 1 is 1.45 bits per heavy atom. The van der Waals surface area contributed by atoms with Gasteiger partial charge in [0.15, 0.2) is 0 Å². The van der Waals surface area contributed by atoms with Gasteiger partial charge < -0.3 is 0 Å². The Morgan fingerprint density at radius 3 is 2.45 bits per heavy atom. The van der Waals surface area contributed by atoms with Gasteiger partial charge in [-0.1, -0.05) is 25.5 Å². The topological polar surface area (TPSA) is 0 Å². The Labute approximate surface area is 73.8 Å². The molecule has 0 aromatic heterocycles. The molecule has 1 aliphatic rings. The molecule has 0 saturated carbocycles. The molecule has 0 nitrogen and oxygen atoms in total. The molecule has 0 aromatic carbocycles. The molecule has 1 rings (SSSR count). The summed E-state index contributed by atoms with van der Waals surface area (Å²) in [6.45, 7) is 8.96. The molecule has 1 aliphatic heterocycles. The number of thioether (sulfide) groups is 1. The van der Waals surface area contributed by atoms with E-state index in [0.717, 1.165) is 5.92 Å². The van der Waals surface area contributed by atoms with Gasteiger partial charge in [-0.2, -0.15) is 0 Å². The zero-order valence-corrected chi connectivity index (χ0v) is 8.53. The molecular weight excluding hydrogens is 152 g/mol. The minimum absolute atomic E-state index is 0.685. The molecule has 0 N–H and O–H groups in total. The van der Waals surface area contributed by atoms with E-state index < -0.39 is 0 Å². The standard InChI is InChI=1S/C10H16S/c1-7(2)9-5-6-11-10(9)8(3)4/h5-7,9H,1-4H3. The van der Waals surface area contributed by atoms with Gasteiger partial charge in [-0.25, -0.2) is 0 Å². The van der Waals surface area contributed by atoms with Gasteiger partial charge >= 0.3 is 0 Å². The first-order valence-corrected chi connectivity index (χ1v) is 5.01. The van der Waals surface area contributed by atoms with Crippen molar-refractivity contribution in [3.05, 3.63) is 22.0 Å². The van der Waals surface area contributed by atoms with Crippen molar-refractivity contribution in [1.82, 2.24) is 0 Å². The maximum atomic E-state index is 2.32. The van der Waals surface area contributed by atoms with Gasteiger partial charge in [-0.05, 0) is 30.1 Å². The van der Waals surface area contributed by atoms with Crippen LogP contribution in [-0.2, 0) is 0 Å². The highest BCUT2D eigenvalue weighted by Crippen LogP contribution is 2.39. The van der Waals surface area contributed by atoms with Crippen LogP contribution in [0, 0.1) is 11.8 Å². The Balaban J connectivity index is 2.80. The molecule has 0 radical (unpaired) electrons. The van der Waals surface area contributed by atoms with E-state index in [1.165, 1.54) is 5.57 Å². The summed E-state index contributed by atoms with van der Waals surface area (Å²) in [4.78, 5) is 1.56. The summed E-state index contributed by atoms with van der Waals surface area (Å²) in [6.07, 6.45) is 2.32. The van der Waals surface area contributed by atoms with Gasteiger partial charge in [0.05, 0.1) is 0 Å². The molecule has 0 amide bonds. The summed E-state index contributed by atoms with van der Waals surface area (Å²) in [6, 6.07) is 0. The van der Waals surface area contributed by atoms with Crippen LogP contribution in [-0.4, -0.2) is 0 Å². The van der Waals surface area contributed by atoms with Crippen molar-refractivity contribution < 1.29 is 0 Å². The highest BCUT2D eigenvalue weighted by molar-refractivity contribution is 8.06. The molecule has 1 unspecified atom stereocenters. The van der Waals surface area contributed by atoms with Gasteiger partial charge in [0.2, 0.25) is 0 Å². The predicted molar refractivity (Wildman–Crippen MR) is 53.4 cm³/mol. The molecule has 0 bridgehead atoms. The van der Waals surface area contributed by atoms with E-state index in [0.29, 0.717) is 5.92 Å². The largest absolute Gasteiger partial charge is 0.102 e. The smallest absolute Gasteiger partial charge is 0.0112 e. The summed E-state index contributed by atoms with van der Waals surface area (Å²) in [5.41, 5.74) is 1.47. The molecule has 0 aliphatic carbocycles. The lowest BCUT2D eigenvalue weighted by molar-refractivity contribution is 0.545. The van der Waals surface area contributed by atoms with E-state index >= 15 is 0 Å². The van der Waals surface area contributed by atoms with Crippen LogP contribution < -0.4 is 0 Å². The normalized spacial score (nSPS) is 23.4. The maximum Gasteiger partial charge on any atom is 0.0112 e.